The summed E-state index contributed by atoms with van der Waals surface area (Å²) in [6, 6.07) is 13.5. The lowest BCUT2D eigenvalue weighted by Gasteiger charge is -2.06. The van der Waals surface area contributed by atoms with Crippen LogP contribution in [0, 0.1) is 6.92 Å². The number of H-pyrrole nitrogens is 1. The van der Waals surface area contributed by atoms with Crippen molar-refractivity contribution in [3.63, 3.8) is 0 Å². The molecule has 0 aliphatic carbocycles. The van der Waals surface area contributed by atoms with Crippen LogP contribution >= 0.6 is 27.7 Å². The number of aromatic amines is 1. The van der Waals surface area contributed by atoms with E-state index in [1.54, 1.807) is 7.11 Å². The number of aromatic nitrogens is 3. The second-order valence-corrected chi connectivity index (χ2v) is 7.74. The summed E-state index contributed by atoms with van der Waals surface area (Å²) >= 11 is 4.96. The molecule has 0 radical (unpaired) electrons. The molecule has 1 aromatic heterocycles. The highest BCUT2D eigenvalue weighted by Gasteiger charge is 2.09. The molecule has 2 aromatic carbocycles. The van der Waals surface area contributed by atoms with Gasteiger partial charge in [-0.25, -0.2) is 4.98 Å². The van der Waals surface area contributed by atoms with Crippen molar-refractivity contribution >= 4 is 33.6 Å². The Kier molecular flexibility index (Phi) is 6.52. The molecule has 0 fully saturated rings. The first-order chi connectivity index (χ1) is 13.0. The predicted molar refractivity (Wildman–Crippen MR) is 110 cm³/mol. The third-order valence-corrected chi connectivity index (χ3v) is 5.50. The lowest BCUT2D eigenvalue weighted by Crippen LogP contribution is -2.25. The number of halogens is 1. The van der Waals surface area contributed by atoms with Gasteiger partial charge in [-0.05, 0) is 55.0 Å². The molecule has 0 spiro atoms. The van der Waals surface area contributed by atoms with Crippen molar-refractivity contribution in [2.45, 2.75) is 18.4 Å². The largest absolute Gasteiger partial charge is 0.497 e. The van der Waals surface area contributed by atoms with Gasteiger partial charge < -0.3 is 10.1 Å². The van der Waals surface area contributed by atoms with Crippen LogP contribution in [-0.2, 0) is 11.3 Å². The van der Waals surface area contributed by atoms with Gasteiger partial charge >= 0.3 is 0 Å². The lowest BCUT2D eigenvalue weighted by molar-refractivity contribution is -0.118. The van der Waals surface area contributed by atoms with E-state index in [0.29, 0.717) is 23.9 Å². The SMILES string of the molecule is COc1ccc(-c2n[nH]c(CNC(=O)CSc3ccc(Br)cc3C)n2)cc1. The lowest BCUT2D eigenvalue weighted by atomic mass is 10.2. The second kappa shape index (κ2) is 9.05. The summed E-state index contributed by atoms with van der Waals surface area (Å²) in [6.07, 6.45) is 0. The monoisotopic (exact) mass is 446 g/mol. The van der Waals surface area contributed by atoms with Crippen molar-refractivity contribution in [1.29, 1.82) is 0 Å². The number of nitrogens with zero attached hydrogens (tertiary/aromatic N) is 2. The Labute approximate surface area is 170 Å². The maximum atomic E-state index is 12.1. The van der Waals surface area contributed by atoms with E-state index < -0.39 is 0 Å². The third-order valence-electron chi connectivity index (χ3n) is 3.83. The van der Waals surface area contributed by atoms with E-state index in [1.807, 2.05) is 49.4 Å². The van der Waals surface area contributed by atoms with Crippen molar-refractivity contribution in [3.8, 4) is 17.1 Å². The van der Waals surface area contributed by atoms with Crippen molar-refractivity contribution in [2.75, 3.05) is 12.9 Å². The fourth-order valence-corrected chi connectivity index (χ4v) is 3.71. The highest BCUT2D eigenvalue weighted by atomic mass is 79.9. The van der Waals surface area contributed by atoms with Crippen LogP contribution in [0.3, 0.4) is 0 Å². The van der Waals surface area contributed by atoms with Gasteiger partial charge in [-0.3, -0.25) is 9.89 Å². The highest BCUT2D eigenvalue weighted by molar-refractivity contribution is 9.10. The number of hydrogen-bond acceptors (Lipinski definition) is 5. The first kappa shape index (κ1) is 19.4. The van der Waals surface area contributed by atoms with Crippen LogP contribution in [0.1, 0.15) is 11.4 Å². The van der Waals surface area contributed by atoms with E-state index >= 15 is 0 Å². The average Bonchev–Trinajstić information content (AvgIpc) is 3.15. The van der Waals surface area contributed by atoms with Crippen LogP contribution in [0.2, 0.25) is 0 Å². The zero-order valence-electron chi connectivity index (χ0n) is 15.0. The number of aryl methyl sites for hydroxylation is 1. The van der Waals surface area contributed by atoms with Crippen LogP contribution in [-0.4, -0.2) is 34.0 Å². The summed E-state index contributed by atoms with van der Waals surface area (Å²) in [4.78, 5) is 17.6. The minimum absolute atomic E-state index is 0.0512. The van der Waals surface area contributed by atoms with Crippen LogP contribution in [0.5, 0.6) is 5.75 Å². The maximum absolute atomic E-state index is 12.1. The molecule has 0 saturated heterocycles. The first-order valence-electron chi connectivity index (χ1n) is 8.26. The fourth-order valence-electron chi connectivity index (χ4n) is 2.39. The first-order valence-corrected chi connectivity index (χ1v) is 10.0. The average molecular weight is 447 g/mol. The summed E-state index contributed by atoms with van der Waals surface area (Å²) in [5.41, 5.74) is 2.02. The quantitative estimate of drug-likeness (QED) is 0.536. The van der Waals surface area contributed by atoms with E-state index in [9.17, 15) is 4.79 Å². The number of rotatable bonds is 7. The Balaban J connectivity index is 1.51. The van der Waals surface area contributed by atoms with Gasteiger partial charge in [0.05, 0.1) is 19.4 Å². The molecule has 0 unspecified atom stereocenters. The molecule has 8 heteroatoms. The molecule has 0 aliphatic heterocycles. The molecular formula is C19H19BrN4O2S. The predicted octanol–water partition coefficient (Wildman–Crippen LogP) is 3.96. The molecule has 0 saturated carbocycles. The Morgan fingerprint density at radius 3 is 2.74 bits per heavy atom. The number of benzene rings is 2. The normalized spacial score (nSPS) is 10.6. The van der Waals surface area contributed by atoms with E-state index in [0.717, 1.165) is 26.2 Å². The molecule has 0 bridgehead atoms. The van der Waals surface area contributed by atoms with Gasteiger partial charge in [-0.15, -0.1) is 11.8 Å². The molecule has 2 N–H and O–H groups in total. The van der Waals surface area contributed by atoms with Crippen molar-refractivity contribution in [2.24, 2.45) is 0 Å². The van der Waals surface area contributed by atoms with Crippen molar-refractivity contribution in [1.82, 2.24) is 20.5 Å². The van der Waals surface area contributed by atoms with Crippen molar-refractivity contribution < 1.29 is 9.53 Å². The number of carbonyl (C=O) groups excluding carboxylic acids is 1. The molecule has 1 heterocycles. The number of nitrogens with one attached hydrogen (secondary N) is 2. The summed E-state index contributed by atoms with van der Waals surface area (Å²) in [7, 11) is 1.62. The zero-order valence-corrected chi connectivity index (χ0v) is 17.4. The molecule has 6 nitrogen and oxygen atoms in total. The molecule has 27 heavy (non-hydrogen) atoms. The molecule has 0 atom stereocenters. The minimum Gasteiger partial charge on any atom is -0.497 e. The number of carbonyl (C=O) groups is 1. The van der Waals surface area contributed by atoms with Gasteiger partial charge in [0.25, 0.3) is 0 Å². The van der Waals surface area contributed by atoms with Crippen LogP contribution < -0.4 is 10.1 Å². The van der Waals surface area contributed by atoms with Crippen molar-refractivity contribution in [3.05, 3.63) is 58.3 Å². The molecule has 3 aromatic rings. The minimum atomic E-state index is -0.0512. The summed E-state index contributed by atoms with van der Waals surface area (Å²) < 4.78 is 6.18. The van der Waals surface area contributed by atoms with Gasteiger partial charge in [0.1, 0.15) is 11.6 Å². The third kappa shape index (κ3) is 5.33. The number of hydrogen-bond donors (Lipinski definition) is 2. The summed E-state index contributed by atoms with van der Waals surface area (Å²) in [6.45, 7) is 2.34. The van der Waals surface area contributed by atoms with E-state index in [2.05, 4.69) is 36.4 Å². The van der Waals surface area contributed by atoms with Crippen LogP contribution in [0.15, 0.2) is 51.8 Å². The molecule has 0 aliphatic rings. The highest BCUT2D eigenvalue weighted by Crippen LogP contribution is 2.25. The molecular weight excluding hydrogens is 428 g/mol. The number of ether oxygens (including phenoxy) is 1. The number of amides is 1. The van der Waals surface area contributed by atoms with E-state index in [1.165, 1.54) is 11.8 Å². The van der Waals surface area contributed by atoms with Gasteiger partial charge in [-0.2, -0.15) is 5.10 Å². The number of methoxy groups -OCH3 is 1. The summed E-state index contributed by atoms with van der Waals surface area (Å²) in [5.74, 6) is 2.27. The topological polar surface area (TPSA) is 79.9 Å². The maximum Gasteiger partial charge on any atom is 0.230 e. The Morgan fingerprint density at radius 2 is 2.04 bits per heavy atom. The molecule has 140 valence electrons. The Morgan fingerprint density at radius 1 is 1.26 bits per heavy atom. The molecule has 1 amide bonds. The van der Waals surface area contributed by atoms with Gasteiger partial charge in [0.15, 0.2) is 5.82 Å². The number of thioether (sulfide) groups is 1. The van der Waals surface area contributed by atoms with Crippen LogP contribution in [0.4, 0.5) is 0 Å². The zero-order chi connectivity index (χ0) is 19.2. The van der Waals surface area contributed by atoms with E-state index in [4.69, 9.17) is 4.74 Å². The smallest absolute Gasteiger partial charge is 0.230 e. The standard InChI is InChI=1S/C19H19BrN4O2S/c1-12-9-14(20)5-8-16(12)27-11-18(25)21-10-17-22-19(24-23-17)13-3-6-15(26-2)7-4-13/h3-9H,10-11H2,1-2H3,(H,21,25)(H,22,23,24). The van der Waals surface area contributed by atoms with Gasteiger partial charge in [-0.1, -0.05) is 15.9 Å². The van der Waals surface area contributed by atoms with Crippen LogP contribution in [0.25, 0.3) is 11.4 Å². The Hall–Kier alpha value is -2.32. The fraction of sp³-hybridized carbons (Fsp3) is 0.211. The summed E-state index contributed by atoms with van der Waals surface area (Å²) in [5, 5.41) is 9.91. The van der Waals surface area contributed by atoms with Gasteiger partial charge in [0.2, 0.25) is 5.91 Å². The Bertz CT molecular complexity index is 928. The molecule has 3 rings (SSSR count). The van der Waals surface area contributed by atoms with Gasteiger partial charge in [0, 0.05) is 14.9 Å². The second-order valence-electron chi connectivity index (χ2n) is 5.81. The van der Waals surface area contributed by atoms with E-state index in [-0.39, 0.29) is 5.91 Å².